The topological polar surface area (TPSA) is 81.4 Å². The Morgan fingerprint density at radius 2 is 2.32 bits per heavy atom. The van der Waals surface area contributed by atoms with Gasteiger partial charge in [0.1, 0.15) is 11.2 Å². The summed E-state index contributed by atoms with van der Waals surface area (Å²) in [6.07, 6.45) is 3.28. The van der Waals surface area contributed by atoms with E-state index in [4.69, 9.17) is 4.74 Å². The summed E-state index contributed by atoms with van der Waals surface area (Å²) < 4.78 is 7.51. The van der Waals surface area contributed by atoms with Crippen molar-refractivity contribution in [2.24, 2.45) is 0 Å². The van der Waals surface area contributed by atoms with Crippen LogP contribution in [0.3, 0.4) is 0 Å². The molecule has 4 heterocycles. The van der Waals surface area contributed by atoms with E-state index in [9.17, 15) is 4.79 Å². The quantitative estimate of drug-likeness (QED) is 0.778. The van der Waals surface area contributed by atoms with Crippen molar-refractivity contribution in [2.45, 2.75) is 58.8 Å². The van der Waals surface area contributed by atoms with E-state index in [2.05, 4.69) is 34.2 Å². The van der Waals surface area contributed by atoms with E-state index in [1.165, 1.54) is 10.4 Å². The van der Waals surface area contributed by atoms with Gasteiger partial charge in [-0.25, -0.2) is 14.5 Å². The Hall–Kier alpha value is -2.06. The highest BCUT2D eigenvalue weighted by atomic mass is 32.1. The van der Waals surface area contributed by atoms with Gasteiger partial charge < -0.3 is 10.1 Å². The van der Waals surface area contributed by atoms with E-state index in [0.717, 1.165) is 23.1 Å². The third-order valence-electron chi connectivity index (χ3n) is 4.60. The lowest BCUT2D eigenvalue weighted by Gasteiger charge is -2.30. The number of ether oxygens (including phenoxy) is 1. The number of rotatable bonds is 3. The van der Waals surface area contributed by atoms with Gasteiger partial charge in [-0.15, -0.1) is 16.4 Å². The second kappa shape index (κ2) is 5.74. The molecule has 7 nitrogen and oxygen atoms in total. The molecule has 0 saturated heterocycles. The predicted molar refractivity (Wildman–Crippen MR) is 96.0 cm³/mol. The summed E-state index contributed by atoms with van der Waals surface area (Å²) in [5.74, 6) is -0.0696. The van der Waals surface area contributed by atoms with Crippen LogP contribution in [0.25, 0.3) is 15.9 Å². The largest absolute Gasteiger partial charge is 0.370 e. The van der Waals surface area contributed by atoms with E-state index in [1.807, 2.05) is 13.8 Å². The molecule has 1 amide bonds. The minimum absolute atomic E-state index is 0.0871. The Morgan fingerprint density at radius 3 is 3.08 bits per heavy atom. The maximum absolute atomic E-state index is 12.4. The van der Waals surface area contributed by atoms with Gasteiger partial charge in [0.05, 0.1) is 17.6 Å². The first-order chi connectivity index (χ1) is 11.9. The van der Waals surface area contributed by atoms with Gasteiger partial charge >= 0.3 is 0 Å². The number of thiophene rings is 1. The smallest absolute Gasteiger partial charge is 0.291 e. The summed E-state index contributed by atoms with van der Waals surface area (Å²) >= 11 is 1.63. The van der Waals surface area contributed by atoms with E-state index in [0.29, 0.717) is 12.3 Å². The molecule has 1 aliphatic heterocycles. The van der Waals surface area contributed by atoms with Crippen LogP contribution in [-0.4, -0.2) is 37.1 Å². The van der Waals surface area contributed by atoms with Gasteiger partial charge in [-0.1, -0.05) is 6.92 Å². The molecular weight excluding hydrogens is 338 g/mol. The lowest BCUT2D eigenvalue weighted by Crippen LogP contribution is -2.32. The van der Waals surface area contributed by atoms with Gasteiger partial charge in [0.25, 0.3) is 5.91 Å². The second-order valence-corrected chi connectivity index (χ2v) is 8.22. The van der Waals surface area contributed by atoms with Crippen molar-refractivity contribution in [3.05, 3.63) is 22.6 Å². The van der Waals surface area contributed by atoms with Gasteiger partial charge in [-0.05, 0) is 32.8 Å². The maximum Gasteiger partial charge on any atom is 0.291 e. The summed E-state index contributed by atoms with van der Waals surface area (Å²) in [4.78, 5) is 23.5. The van der Waals surface area contributed by atoms with Crippen LogP contribution in [0.1, 0.15) is 55.2 Å². The molecule has 0 aliphatic carbocycles. The van der Waals surface area contributed by atoms with Crippen molar-refractivity contribution < 1.29 is 9.53 Å². The number of aromatic nitrogens is 4. The molecule has 132 valence electrons. The monoisotopic (exact) mass is 359 g/mol. The average Bonchev–Trinajstić information content (AvgIpc) is 3.14. The molecule has 0 aromatic carbocycles. The summed E-state index contributed by atoms with van der Waals surface area (Å²) in [7, 11) is 0. The Labute approximate surface area is 149 Å². The van der Waals surface area contributed by atoms with E-state index >= 15 is 0 Å². The van der Waals surface area contributed by atoms with Crippen molar-refractivity contribution in [3.8, 4) is 0 Å². The molecule has 8 heteroatoms. The normalized spacial score (nSPS) is 17.6. The van der Waals surface area contributed by atoms with Crippen LogP contribution in [0.2, 0.25) is 0 Å². The molecule has 1 atom stereocenters. The number of fused-ring (bicyclic) bond motifs is 5. The van der Waals surface area contributed by atoms with Crippen LogP contribution in [0.5, 0.6) is 0 Å². The third kappa shape index (κ3) is 2.79. The zero-order chi connectivity index (χ0) is 17.8. The molecule has 1 aliphatic rings. The lowest BCUT2D eigenvalue weighted by molar-refractivity contribution is -0.0379. The molecule has 25 heavy (non-hydrogen) atoms. The molecule has 3 aromatic heterocycles. The lowest BCUT2D eigenvalue weighted by atomic mass is 9.94. The second-order valence-electron chi connectivity index (χ2n) is 7.14. The van der Waals surface area contributed by atoms with Gasteiger partial charge in [-0.2, -0.15) is 0 Å². The first-order valence-electron chi connectivity index (χ1n) is 8.48. The summed E-state index contributed by atoms with van der Waals surface area (Å²) in [6.45, 7) is 8.75. The highest BCUT2D eigenvalue weighted by Crippen LogP contribution is 2.39. The zero-order valence-corrected chi connectivity index (χ0v) is 15.6. The average molecular weight is 359 g/mol. The molecule has 0 spiro atoms. The number of nitrogens with one attached hydrogen (secondary N) is 1. The van der Waals surface area contributed by atoms with Gasteiger partial charge in [-0.3, -0.25) is 4.79 Å². The van der Waals surface area contributed by atoms with Gasteiger partial charge in [0, 0.05) is 17.3 Å². The summed E-state index contributed by atoms with van der Waals surface area (Å²) in [5, 5.41) is 8.22. The fourth-order valence-electron chi connectivity index (χ4n) is 3.03. The van der Waals surface area contributed by atoms with Crippen molar-refractivity contribution in [3.63, 3.8) is 0 Å². The first-order valence-corrected chi connectivity index (χ1v) is 9.30. The molecule has 4 rings (SSSR count). The number of nitrogens with zero attached hydrogens (tertiary/aromatic N) is 4. The van der Waals surface area contributed by atoms with Gasteiger partial charge in [0.15, 0.2) is 5.65 Å². The molecule has 1 N–H and O–H groups in total. The number of amides is 1. The summed E-state index contributed by atoms with van der Waals surface area (Å²) in [6, 6.07) is 0.0871. The standard InChI is InChI=1S/C17H21N5O2S/c1-5-9(2)19-15(23)13-20-14-12-10-6-17(3,4)24-7-11(10)25-16(12)18-8-22(14)21-13/h8-9H,5-7H2,1-4H3,(H,19,23)/t9-/m1/s1. The Morgan fingerprint density at radius 1 is 1.52 bits per heavy atom. The van der Waals surface area contributed by atoms with E-state index in [-0.39, 0.29) is 23.4 Å². The van der Waals surface area contributed by atoms with Crippen LogP contribution < -0.4 is 5.32 Å². The minimum Gasteiger partial charge on any atom is -0.370 e. The van der Waals surface area contributed by atoms with E-state index < -0.39 is 0 Å². The van der Waals surface area contributed by atoms with Crippen LogP contribution in [0, 0.1) is 0 Å². The molecule has 0 unspecified atom stereocenters. The molecule has 0 radical (unpaired) electrons. The van der Waals surface area contributed by atoms with Crippen LogP contribution in [0.4, 0.5) is 0 Å². The Bertz CT molecular complexity index is 974. The molecule has 0 saturated carbocycles. The maximum atomic E-state index is 12.4. The minimum atomic E-state index is -0.251. The van der Waals surface area contributed by atoms with Crippen LogP contribution in [0.15, 0.2) is 6.33 Å². The number of hydrogen-bond donors (Lipinski definition) is 1. The summed E-state index contributed by atoms with van der Waals surface area (Å²) in [5.41, 5.74) is 1.69. The van der Waals surface area contributed by atoms with Crippen molar-refractivity contribution in [1.29, 1.82) is 0 Å². The fraction of sp³-hybridized carbons (Fsp3) is 0.529. The molecular formula is C17H21N5O2S. The van der Waals surface area contributed by atoms with Crippen molar-refractivity contribution in [2.75, 3.05) is 0 Å². The Balaban J connectivity index is 1.84. The molecule has 0 fully saturated rings. The first kappa shape index (κ1) is 16.4. The van der Waals surface area contributed by atoms with Crippen molar-refractivity contribution in [1.82, 2.24) is 24.9 Å². The van der Waals surface area contributed by atoms with Crippen LogP contribution >= 0.6 is 11.3 Å². The van der Waals surface area contributed by atoms with Crippen molar-refractivity contribution >= 4 is 33.1 Å². The molecule has 3 aromatic rings. The van der Waals surface area contributed by atoms with Gasteiger partial charge in [0.2, 0.25) is 5.82 Å². The highest BCUT2D eigenvalue weighted by Gasteiger charge is 2.31. The third-order valence-corrected chi connectivity index (χ3v) is 5.71. The number of hydrogen-bond acceptors (Lipinski definition) is 6. The SMILES string of the molecule is CC[C@@H](C)NC(=O)c1nc2c3c4c(sc3ncn2n1)COC(C)(C)C4. The molecule has 0 bridgehead atoms. The number of carbonyl (C=O) groups is 1. The highest BCUT2D eigenvalue weighted by molar-refractivity contribution is 7.19. The fourth-order valence-corrected chi connectivity index (χ4v) is 4.09. The Kier molecular flexibility index (Phi) is 3.77. The van der Waals surface area contributed by atoms with E-state index in [1.54, 1.807) is 22.2 Å². The zero-order valence-electron chi connectivity index (χ0n) is 14.8. The number of carbonyl (C=O) groups excluding carboxylic acids is 1. The van der Waals surface area contributed by atoms with Crippen LogP contribution in [-0.2, 0) is 17.8 Å². The predicted octanol–water partition coefficient (Wildman–Crippen LogP) is 2.72.